The van der Waals surface area contributed by atoms with Crippen LogP contribution in [0.4, 0.5) is 11.4 Å². The minimum atomic E-state index is -0.435. The maximum Gasteiger partial charge on any atom is 0.233 e. The lowest BCUT2D eigenvalue weighted by Crippen LogP contribution is -2.21. The van der Waals surface area contributed by atoms with E-state index in [1.165, 1.54) is 7.11 Å². The number of nitrogens with zero attached hydrogens (tertiary/aromatic N) is 1. The molecule has 6 heteroatoms. The first-order valence-electron chi connectivity index (χ1n) is 6.84. The number of carbonyl (C=O) groups is 2. The van der Waals surface area contributed by atoms with Crippen LogP contribution in [0.25, 0.3) is 0 Å². The maximum atomic E-state index is 11.9. The molecule has 2 aromatic rings. The van der Waals surface area contributed by atoms with E-state index in [0.717, 1.165) is 0 Å². The zero-order chi connectivity index (χ0) is 16.7. The third-order valence-electron chi connectivity index (χ3n) is 2.97. The lowest BCUT2D eigenvalue weighted by atomic mass is 10.2. The van der Waals surface area contributed by atoms with E-state index in [-0.39, 0.29) is 6.42 Å². The molecule has 0 aromatic heterocycles. The lowest BCUT2D eigenvalue weighted by molar-refractivity contribution is -0.123. The molecule has 116 valence electrons. The summed E-state index contributed by atoms with van der Waals surface area (Å²) in [5.41, 5.74) is 1.59. The smallest absolute Gasteiger partial charge is 0.233 e. The van der Waals surface area contributed by atoms with Gasteiger partial charge < -0.3 is 15.4 Å². The number of ether oxygens (including phenoxy) is 1. The summed E-state index contributed by atoms with van der Waals surface area (Å²) < 4.78 is 5.06. The van der Waals surface area contributed by atoms with Gasteiger partial charge in [0.1, 0.15) is 12.2 Å². The van der Waals surface area contributed by atoms with Crippen LogP contribution in [0, 0.1) is 11.3 Å². The van der Waals surface area contributed by atoms with E-state index in [2.05, 4.69) is 10.6 Å². The standard InChI is InChI=1S/C17H15N3O3/c1-23-15-4-2-3-14(9-15)20-17(22)10-16(21)19-13-7-5-12(11-18)6-8-13/h2-9H,10H2,1H3,(H,19,21)(H,20,22). The number of hydrogen-bond acceptors (Lipinski definition) is 4. The van der Waals surface area contributed by atoms with Gasteiger partial charge in [-0.1, -0.05) is 6.07 Å². The number of anilines is 2. The molecule has 0 spiro atoms. The molecular formula is C17H15N3O3. The van der Waals surface area contributed by atoms with Gasteiger partial charge in [-0.3, -0.25) is 9.59 Å². The molecule has 0 fully saturated rings. The lowest BCUT2D eigenvalue weighted by Gasteiger charge is -2.08. The van der Waals surface area contributed by atoms with Crippen LogP contribution in [0.3, 0.4) is 0 Å². The summed E-state index contributed by atoms with van der Waals surface area (Å²) in [6.45, 7) is 0. The number of amides is 2. The van der Waals surface area contributed by atoms with Crippen molar-refractivity contribution in [1.29, 1.82) is 5.26 Å². The summed E-state index contributed by atoms with van der Waals surface area (Å²) in [4.78, 5) is 23.7. The molecule has 6 nitrogen and oxygen atoms in total. The van der Waals surface area contributed by atoms with Crippen molar-refractivity contribution in [3.8, 4) is 11.8 Å². The minimum absolute atomic E-state index is 0.308. The number of carbonyl (C=O) groups excluding carboxylic acids is 2. The van der Waals surface area contributed by atoms with Gasteiger partial charge >= 0.3 is 0 Å². The highest BCUT2D eigenvalue weighted by Crippen LogP contribution is 2.17. The van der Waals surface area contributed by atoms with Gasteiger partial charge in [0.2, 0.25) is 11.8 Å². The Morgan fingerprint density at radius 3 is 2.30 bits per heavy atom. The van der Waals surface area contributed by atoms with Crippen molar-refractivity contribution in [3.05, 3.63) is 54.1 Å². The molecule has 0 saturated carbocycles. The molecule has 0 radical (unpaired) electrons. The van der Waals surface area contributed by atoms with Crippen LogP contribution in [-0.2, 0) is 9.59 Å². The maximum absolute atomic E-state index is 11.9. The molecule has 2 aromatic carbocycles. The minimum Gasteiger partial charge on any atom is -0.497 e. The zero-order valence-corrected chi connectivity index (χ0v) is 12.5. The summed E-state index contributed by atoms with van der Waals surface area (Å²) in [6, 6.07) is 15.3. The van der Waals surface area contributed by atoms with Crippen LogP contribution < -0.4 is 15.4 Å². The fourth-order valence-corrected chi connectivity index (χ4v) is 1.89. The highest BCUT2D eigenvalue weighted by atomic mass is 16.5. The van der Waals surface area contributed by atoms with Gasteiger partial charge in [-0.25, -0.2) is 0 Å². The van der Waals surface area contributed by atoms with E-state index < -0.39 is 11.8 Å². The second-order valence-corrected chi connectivity index (χ2v) is 4.69. The van der Waals surface area contributed by atoms with Crippen LogP contribution in [0.1, 0.15) is 12.0 Å². The molecule has 0 heterocycles. The second kappa shape index (κ2) is 7.61. The van der Waals surface area contributed by atoms with Crippen molar-refractivity contribution in [1.82, 2.24) is 0 Å². The quantitative estimate of drug-likeness (QED) is 0.830. The van der Waals surface area contributed by atoms with E-state index in [4.69, 9.17) is 10.00 Å². The molecule has 2 amide bonds. The third kappa shape index (κ3) is 4.86. The Morgan fingerprint density at radius 1 is 1.04 bits per heavy atom. The Morgan fingerprint density at radius 2 is 1.70 bits per heavy atom. The molecule has 0 aliphatic rings. The first-order valence-corrected chi connectivity index (χ1v) is 6.84. The van der Waals surface area contributed by atoms with E-state index >= 15 is 0 Å². The normalized spacial score (nSPS) is 9.57. The Bertz CT molecular complexity index is 748. The van der Waals surface area contributed by atoms with Gasteiger partial charge in [0.15, 0.2) is 0 Å². The fraction of sp³-hybridized carbons (Fsp3) is 0.118. The average Bonchev–Trinajstić information content (AvgIpc) is 2.55. The average molecular weight is 309 g/mol. The van der Waals surface area contributed by atoms with Gasteiger partial charge in [-0.2, -0.15) is 5.26 Å². The Balaban J connectivity index is 1.88. The van der Waals surface area contributed by atoms with Crippen molar-refractivity contribution in [2.45, 2.75) is 6.42 Å². The van der Waals surface area contributed by atoms with Crippen LogP contribution in [0.2, 0.25) is 0 Å². The van der Waals surface area contributed by atoms with Gasteiger partial charge in [-0.15, -0.1) is 0 Å². The topological polar surface area (TPSA) is 91.2 Å². The van der Waals surface area contributed by atoms with E-state index in [1.807, 2.05) is 6.07 Å². The molecule has 0 aliphatic carbocycles. The van der Waals surface area contributed by atoms with Gasteiger partial charge in [0.05, 0.1) is 18.7 Å². The van der Waals surface area contributed by atoms with Crippen LogP contribution in [-0.4, -0.2) is 18.9 Å². The Hall–Kier alpha value is -3.33. The highest BCUT2D eigenvalue weighted by Gasteiger charge is 2.10. The molecule has 2 rings (SSSR count). The number of benzene rings is 2. The van der Waals surface area contributed by atoms with Crippen molar-refractivity contribution in [2.24, 2.45) is 0 Å². The van der Waals surface area contributed by atoms with E-state index in [9.17, 15) is 9.59 Å². The molecule has 0 aliphatic heterocycles. The van der Waals surface area contributed by atoms with Gasteiger partial charge in [0.25, 0.3) is 0 Å². The largest absolute Gasteiger partial charge is 0.497 e. The first-order chi connectivity index (χ1) is 11.1. The van der Waals surface area contributed by atoms with Crippen molar-refractivity contribution < 1.29 is 14.3 Å². The SMILES string of the molecule is COc1cccc(NC(=O)CC(=O)Nc2ccc(C#N)cc2)c1. The fourth-order valence-electron chi connectivity index (χ4n) is 1.89. The Kier molecular flexibility index (Phi) is 5.31. The highest BCUT2D eigenvalue weighted by molar-refractivity contribution is 6.08. The van der Waals surface area contributed by atoms with Crippen molar-refractivity contribution in [3.63, 3.8) is 0 Å². The molecule has 0 atom stereocenters. The van der Waals surface area contributed by atoms with Gasteiger partial charge in [0, 0.05) is 17.4 Å². The predicted octanol–water partition coefficient (Wildman–Crippen LogP) is 2.53. The third-order valence-corrected chi connectivity index (χ3v) is 2.97. The van der Waals surface area contributed by atoms with Crippen molar-refractivity contribution in [2.75, 3.05) is 17.7 Å². The monoisotopic (exact) mass is 309 g/mol. The van der Waals surface area contributed by atoms with E-state index in [1.54, 1.807) is 48.5 Å². The summed E-state index contributed by atoms with van der Waals surface area (Å²) in [7, 11) is 1.53. The molecule has 0 bridgehead atoms. The number of nitrogens with one attached hydrogen (secondary N) is 2. The summed E-state index contributed by atoms with van der Waals surface area (Å²) in [5.74, 6) is -0.246. The molecule has 0 saturated heterocycles. The molecule has 23 heavy (non-hydrogen) atoms. The zero-order valence-electron chi connectivity index (χ0n) is 12.5. The Labute approximate surface area is 133 Å². The number of methoxy groups -OCH3 is 1. The number of hydrogen-bond donors (Lipinski definition) is 2. The van der Waals surface area contributed by atoms with Crippen LogP contribution >= 0.6 is 0 Å². The first kappa shape index (κ1) is 16.0. The van der Waals surface area contributed by atoms with Crippen molar-refractivity contribution >= 4 is 23.2 Å². The summed E-state index contributed by atoms with van der Waals surface area (Å²) >= 11 is 0. The predicted molar refractivity (Wildman–Crippen MR) is 86.0 cm³/mol. The summed E-state index contributed by atoms with van der Waals surface area (Å²) in [5, 5.41) is 13.9. The second-order valence-electron chi connectivity index (χ2n) is 4.69. The number of nitriles is 1. The molecular weight excluding hydrogens is 294 g/mol. The summed E-state index contributed by atoms with van der Waals surface area (Å²) in [6.07, 6.45) is -0.308. The van der Waals surface area contributed by atoms with Gasteiger partial charge in [-0.05, 0) is 36.4 Å². The van der Waals surface area contributed by atoms with E-state index in [0.29, 0.717) is 22.7 Å². The van der Waals surface area contributed by atoms with Crippen LogP contribution in [0.15, 0.2) is 48.5 Å². The van der Waals surface area contributed by atoms with Crippen LogP contribution in [0.5, 0.6) is 5.75 Å². The number of rotatable bonds is 5. The molecule has 2 N–H and O–H groups in total. The molecule has 0 unspecified atom stereocenters.